The van der Waals surface area contributed by atoms with Crippen molar-refractivity contribution < 1.29 is 9.15 Å². The van der Waals surface area contributed by atoms with E-state index in [1.54, 1.807) is 7.11 Å². The van der Waals surface area contributed by atoms with Gasteiger partial charge in [0.1, 0.15) is 5.76 Å². The van der Waals surface area contributed by atoms with Crippen LogP contribution in [0.3, 0.4) is 0 Å². The molecule has 2 aromatic heterocycles. The number of fused-ring (bicyclic) bond motifs is 3. The molecular formula is C13H11NO2. The van der Waals surface area contributed by atoms with Gasteiger partial charge in [-0.3, -0.25) is 0 Å². The molecule has 0 spiro atoms. The Balaban J connectivity index is 2.56. The number of hydrogen-bond donors (Lipinski definition) is 0. The van der Waals surface area contributed by atoms with Crippen LogP contribution in [0.1, 0.15) is 5.76 Å². The zero-order valence-corrected chi connectivity index (χ0v) is 9.15. The second-order valence-corrected chi connectivity index (χ2v) is 3.74. The van der Waals surface area contributed by atoms with Crippen LogP contribution in [0.5, 0.6) is 5.88 Å². The lowest BCUT2D eigenvalue weighted by Gasteiger charge is -2.02. The van der Waals surface area contributed by atoms with Crippen LogP contribution in [0, 0.1) is 6.92 Å². The number of benzene rings is 1. The van der Waals surface area contributed by atoms with E-state index in [0.29, 0.717) is 5.88 Å². The molecule has 0 amide bonds. The number of hydrogen-bond acceptors (Lipinski definition) is 3. The Morgan fingerprint density at radius 1 is 1.19 bits per heavy atom. The van der Waals surface area contributed by atoms with Gasteiger partial charge in [-0.2, -0.15) is 0 Å². The molecule has 0 aliphatic carbocycles. The smallest absolute Gasteiger partial charge is 0.258 e. The van der Waals surface area contributed by atoms with E-state index in [0.717, 1.165) is 27.6 Å². The highest BCUT2D eigenvalue weighted by atomic mass is 16.5. The summed E-state index contributed by atoms with van der Waals surface area (Å²) in [6.45, 7) is 1.92. The molecule has 3 nitrogen and oxygen atoms in total. The highest BCUT2D eigenvalue weighted by Crippen LogP contribution is 2.32. The standard InChI is InChI=1S/C13H11NO2/c1-8-7-10-9-5-3-4-6-11(9)14-13(15-2)12(10)16-8/h3-7H,1-2H3. The third-order valence-electron chi connectivity index (χ3n) is 2.66. The van der Waals surface area contributed by atoms with Gasteiger partial charge in [-0.25, -0.2) is 4.98 Å². The molecule has 16 heavy (non-hydrogen) atoms. The molecule has 0 saturated carbocycles. The number of rotatable bonds is 1. The highest BCUT2D eigenvalue weighted by Gasteiger charge is 2.12. The molecule has 0 radical (unpaired) electrons. The van der Waals surface area contributed by atoms with Crippen LogP contribution >= 0.6 is 0 Å². The van der Waals surface area contributed by atoms with Crippen molar-refractivity contribution in [1.29, 1.82) is 0 Å². The predicted octanol–water partition coefficient (Wildman–Crippen LogP) is 3.30. The van der Waals surface area contributed by atoms with E-state index in [4.69, 9.17) is 9.15 Å². The molecule has 0 aliphatic heterocycles. The maximum atomic E-state index is 5.61. The van der Waals surface area contributed by atoms with Crippen molar-refractivity contribution in [3.63, 3.8) is 0 Å². The third-order valence-corrected chi connectivity index (χ3v) is 2.66. The molecule has 0 aliphatic rings. The van der Waals surface area contributed by atoms with E-state index in [1.807, 2.05) is 37.3 Å². The Hall–Kier alpha value is -2.03. The van der Waals surface area contributed by atoms with E-state index in [1.165, 1.54) is 0 Å². The molecule has 2 heterocycles. The minimum atomic E-state index is 0.543. The van der Waals surface area contributed by atoms with Gasteiger partial charge >= 0.3 is 0 Å². The van der Waals surface area contributed by atoms with Gasteiger partial charge in [-0.05, 0) is 19.1 Å². The average molecular weight is 213 g/mol. The first-order valence-corrected chi connectivity index (χ1v) is 5.12. The van der Waals surface area contributed by atoms with Crippen LogP contribution < -0.4 is 4.74 Å². The summed E-state index contributed by atoms with van der Waals surface area (Å²) in [5.74, 6) is 1.41. The highest BCUT2D eigenvalue weighted by molar-refractivity contribution is 6.05. The van der Waals surface area contributed by atoms with Gasteiger partial charge in [0, 0.05) is 10.8 Å². The summed E-state index contributed by atoms with van der Waals surface area (Å²) in [6.07, 6.45) is 0. The van der Waals surface area contributed by atoms with Gasteiger partial charge in [0.25, 0.3) is 5.88 Å². The molecule has 0 saturated heterocycles. The first-order valence-electron chi connectivity index (χ1n) is 5.12. The van der Waals surface area contributed by atoms with E-state index >= 15 is 0 Å². The van der Waals surface area contributed by atoms with E-state index in [2.05, 4.69) is 4.98 Å². The van der Waals surface area contributed by atoms with Crippen molar-refractivity contribution in [2.75, 3.05) is 7.11 Å². The van der Waals surface area contributed by atoms with Gasteiger partial charge in [-0.15, -0.1) is 0 Å². The van der Waals surface area contributed by atoms with Crippen molar-refractivity contribution in [1.82, 2.24) is 4.98 Å². The maximum Gasteiger partial charge on any atom is 0.258 e. The molecule has 3 rings (SSSR count). The second kappa shape index (κ2) is 3.23. The summed E-state index contributed by atoms with van der Waals surface area (Å²) in [7, 11) is 1.61. The van der Waals surface area contributed by atoms with Crippen molar-refractivity contribution in [3.8, 4) is 5.88 Å². The lowest BCUT2D eigenvalue weighted by molar-refractivity contribution is 0.394. The second-order valence-electron chi connectivity index (χ2n) is 3.74. The number of ether oxygens (including phenoxy) is 1. The predicted molar refractivity (Wildman–Crippen MR) is 62.8 cm³/mol. The Kier molecular flexibility index (Phi) is 1.86. The topological polar surface area (TPSA) is 35.3 Å². The number of para-hydroxylation sites is 1. The Labute approximate surface area is 92.7 Å². The molecule has 3 heteroatoms. The summed E-state index contributed by atoms with van der Waals surface area (Å²) in [4.78, 5) is 4.42. The summed E-state index contributed by atoms with van der Waals surface area (Å²) >= 11 is 0. The van der Waals surface area contributed by atoms with E-state index in [9.17, 15) is 0 Å². The van der Waals surface area contributed by atoms with Gasteiger partial charge in [0.2, 0.25) is 0 Å². The molecule has 0 N–H and O–H groups in total. The number of furan rings is 1. The number of methoxy groups -OCH3 is 1. The molecule has 0 bridgehead atoms. The van der Waals surface area contributed by atoms with Crippen molar-refractivity contribution in [3.05, 3.63) is 36.1 Å². The Morgan fingerprint density at radius 3 is 2.81 bits per heavy atom. The average Bonchev–Trinajstić information content (AvgIpc) is 2.69. The van der Waals surface area contributed by atoms with Crippen LogP contribution in [0.15, 0.2) is 34.7 Å². The first-order chi connectivity index (χ1) is 7.79. The fraction of sp³-hybridized carbons (Fsp3) is 0.154. The van der Waals surface area contributed by atoms with Crippen LogP contribution in [0.25, 0.3) is 21.9 Å². The maximum absolute atomic E-state index is 5.61. The molecule has 0 atom stereocenters. The lowest BCUT2D eigenvalue weighted by Crippen LogP contribution is -1.89. The molecule has 0 unspecified atom stereocenters. The zero-order valence-electron chi connectivity index (χ0n) is 9.15. The van der Waals surface area contributed by atoms with E-state index < -0.39 is 0 Å². The molecule has 1 aromatic carbocycles. The van der Waals surface area contributed by atoms with Crippen LogP contribution in [-0.4, -0.2) is 12.1 Å². The Bertz CT molecular complexity index is 670. The van der Waals surface area contributed by atoms with Crippen molar-refractivity contribution in [2.24, 2.45) is 0 Å². The largest absolute Gasteiger partial charge is 0.478 e. The minimum Gasteiger partial charge on any atom is -0.478 e. The Morgan fingerprint density at radius 2 is 2.00 bits per heavy atom. The quantitative estimate of drug-likeness (QED) is 0.622. The monoisotopic (exact) mass is 213 g/mol. The lowest BCUT2D eigenvalue weighted by atomic mass is 10.1. The van der Waals surface area contributed by atoms with Crippen LogP contribution in [-0.2, 0) is 0 Å². The minimum absolute atomic E-state index is 0.543. The fourth-order valence-corrected chi connectivity index (χ4v) is 1.97. The van der Waals surface area contributed by atoms with Crippen LogP contribution in [0.2, 0.25) is 0 Å². The van der Waals surface area contributed by atoms with Gasteiger partial charge in [0.15, 0.2) is 5.58 Å². The number of aryl methyl sites for hydroxylation is 1. The summed E-state index contributed by atoms with van der Waals surface area (Å²) < 4.78 is 10.9. The summed E-state index contributed by atoms with van der Waals surface area (Å²) in [5, 5.41) is 2.15. The third kappa shape index (κ3) is 1.18. The zero-order chi connectivity index (χ0) is 11.1. The first kappa shape index (κ1) is 9.21. The van der Waals surface area contributed by atoms with E-state index in [-0.39, 0.29) is 0 Å². The molecule has 3 aromatic rings. The normalized spacial score (nSPS) is 11.1. The SMILES string of the molecule is COc1nc2ccccc2c2cc(C)oc12. The fourth-order valence-electron chi connectivity index (χ4n) is 1.97. The van der Waals surface area contributed by atoms with Gasteiger partial charge in [-0.1, -0.05) is 18.2 Å². The number of nitrogens with zero attached hydrogens (tertiary/aromatic N) is 1. The van der Waals surface area contributed by atoms with Crippen molar-refractivity contribution >= 4 is 21.9 Å². The summed E-state index contributed by atoms with van der Waals surface area (Å²) in [5.41, 5.74) is 1.64. The van der Waals surface area contributed by atoms with Gasteiger partial charge in [0.05, 0.1) is 12.6 Å². The number of aromatic nitrogens is 1. The molecule has 0 fully saturated rings. The van der Waals surface area contributed by atoms with Crippen molar-refractivity contribution in [2.45, 2.75) is 6.92 Å². The molecular weight excluding hydrogens is 202 g/mol. The molecule has 80 valence electrons. The van der Waals surface area contributed by atoms with Gasteiger partial charge < -0.3 is 9.15 Å². The summed E-state index contributed by atoms with van der Waals surface area (Å²) in [6, 6.07) is 9.99. The number of pyridine rings is 1. The van der Waals surface area contributed by atoms with Crippen LogP contribution in [0.4, 0.5) is 0 Å².